The van der Waals surface area contributed by atoms with Crippen molar-refractivity contribution in [3.05, 3.63) is 96.6 Å². The second-order valence-corrected chi connectivity index (χ2v) is 7.32. The van der Waals surface area contributed by atoms with Crippen molar-refractivity contribution in [2.75, 3.05) is 13.2 Å². The fraction of sp³-hybridized carbons (Fsp3) is 0.269. The first-order valence-corrected chi connectivity index (χ1v) is 10.4. The van der Waals surface area contributed by atoms with Gasteiger partial charge in [0.2, 0.25) is 0 Å². The second-order valence-electron chi connectivity index (χ2n) is 7.32. The van der Waals surface area contributed by atoms with Crippen LogP contribution < -0.4 is 0 Å². The third-order valence-electron chi connectivity index (χ3n) is 5.28. The fourth-order valence-corrected chi connectivity index (χ4v) is 3.49. The van der Waals surface area contributed by atoms with Gasteiger partial charge in [-0.25, -0.2) is 4.79 Å². The van der Waals surface area contributed by atoms with E-state index in [2.05, 4.69) is 36.4 Å². The Hall–Kier alpha value is -3.11. The van der Waals surface area contributed by atoms with Crippen molar-refractivity contribution < 1.29 is 14.6 Å². The van der Waals surface area contributed by atoms with E-state index in [-0.39, 0.29) is 24.8 Å². The van der Waals surface area contributed by atoms with E-state index >= 15 is 0 Å². The smallest absolute Gasteiger partial charge is 0.410 e. The van der Waals surface area contributed by atoms with E-state index in [1.54, 1.807) is 4.90 Å². The molecule has 1 aliphatic rings. The van der Waals surface area contributed by atoms with Gasteiger partial charge in [0.25, 0.3) is 0 Å². The first-order valence-electron chi connectivity index (χ1n) is 10.4. The average molecular weight is 404 g/mol. The minimum absolute atomic E-state index is 0.0302. The van der Waals surface area contributed by atoms with Crippen molar-refractivity contribution in [2.24, 2.45) is 0 Å². The number of carbonyl (C=O) groups is 1. The topological polar surface area (TPSA) is 49.8 Å². The molecule has 0 bridgehead atoms. The van der Waals surface area contributed by atoms with E-state index in [0.717, 1.165) is 17.5 Å². The predicted molar refractivity (Wildman–Crippen MR) is 120 cm³/mol. The molecule has 1 saturated heterocycles. The van der Waals surface area contributed by atoms with Crippen LogP contribution in [0.4, 0.5) is 4.79 Å². The van der Waals surface area contributed by atoms with E-state index in [0.29, 0.717) is 13.0 Å². The van der Waals surface area contributed by atoms with Gasteiger partial charge >= 0.3 is 6.09 Å². The Morgan fingerprint density at radius 3 is 1.97 bits per heavy atom. The van der Waals surface area contributed by atoms with Gasteiger partial charge in [-0.3, -0.25) is 0 Å². The molecule has 0 aromatic heterocycles. The number of benzene rings is 3. The lowest BCUT2D eigenvalue weighted by atomic mass is 10.0. The van der Waals surface area contributed by atoms with Gasteiger partial charge in [-0.1, -0.05) is 91.0 Å². The molecule has 0 radical (unpaired) electrons. The Kier molecular flexibility index (Phi) is 8.04. The van der Waals surface area contributed by atoms with Gasteiger partial charge in [0, 0.05) is 26.0 Å². The van der Waals surface area contributed by atoms with E-state index in [1.807, 2.05) is 61.5 Å². The van der Waals surface area contributed by atoms with E-state index < -0.39 is 0 Å². The molecule has 0 aliphatic carbocycles. The molecule has 1 aliphatic heterocycles. The zero-order chi connectivity index (χ0) is 21.2. The molecule has 1 fully saturated rings. The maximum Gasteiger partial charge on any atom is 0.410 e. The third kappa shape index (κ3) is 5.94. The highest BCUT2D eigenvalue weighted by Gasteiger charge is 2.30. The van der Waals surface area contributed by atoms with Gasteiger partial charge in [-0.15, -0.1) is 0 Å². The second kappa shape index (κ2) is 11.2. The summed E-state index contributed by atoms with van der Waals surface area (Å²) in [4.78, 5) is 14.0. The molecule has 1 amide bonds. The van der Waals surface area contributed by atoms with Gasteiger partial charge in [0.15, 0.2) is 0 Å². The number of aliphatic hydroxyl groups is 1. The summed E-state index contributed by atoms with van der Waals surface area (Å²) in [7, 11) is 0. The molecule has 3 aromatic carbocycles. The lowest BCUT2D eigenvalue weighted by Crippen LogP contribution is -2.43. The van der Waals surface area contributed by atoms with Crippen LogP contribution in [-0.4, -0.2) is 35.4 Å². The van der Waals surface area contributed by atoms with Crippen molar-refractivity contribution in [3.8, 4) is 11.1 Å². The van der Waals surface area contributed by atoms with Crippen LogP contribution in [0.3, 0.4) is 0 Å². The van der Waals surface area contributed by atoms with Crippen molar-refractivity contribution in [3.63, 3.8) is 0 Å². The number of ether oxygens (including phenoxy) is 1. The van der Waals surface area contributed by atoms with Crippen LogP contribution in [0, 0.1) is 0 Å². The van der Waals surface area contributed by atoms with Crippen LogP contribution in [0.1, 0.15) is 31.4 Å². The van der Waals surface area contributed by atoms with Gasteiger partial charge in [0.05, 0.1) is 6.04 Å². The molecular weight excluding hydrogens is 374 g/mol. The van der Waals surface area contributed by atoms with Crippen LogP contribution in [0.5, 0.6) is 0 Å². The number of carbonyl (C=O) groups excluding carboxylic acids is 1. The normalized spacial score (nSPS) is 16.8. The number of nitrogens with zero attached hydrogens (tertiary/aromatic N) is 1. The van der Waals surface area contributed by atoms with Crippen molar-refractivity contribution in [1.29, 1.82) is 0 Å². The molecule has 0 saturated carbocycles. The van der Waals surface area contributed by atoms with Crippen LogP contribution >= 0.6 is 0 Å². The van der Waals surface area contributed by atoms with E-state index in [4.69, 9.17) is 9.84 Å². The number of hydrogen-bond donors (Lipinski definition) is 1. The number of aliphatic hydroxyl groups excluding tert-OH is 1. The molecule has 1 N–H and O–H groups in total. The summed E-state index contributed by atoms with van der Waals surface area (Å²) < 4.78 is 5.40. The predicted octanol–water partition coefficient (Wildman–Crippen LogP) is 5.69. The van der Waals surface area contributed by atoms with E-state index in [1.165, 1.54) is 5.56 Å². The number of rotatable bonds is 5. The average Bonchev–Trinajstić information content (AvgIpc) is 2.81. The summed E-state index contributed by atoms with van der Waals surface area (Å²) >= 11 is 0. The third-order valence-corrected chi connectivity index (χ3v) is 5.28. The Bertz CT molecular complexity index is 854. The summed E-state index contributed by atoms with van der Waals surface area (Å²) in [5, 5.41) is 8.97. The Morgan fingerprint density at radius 1 is 0.900 bits per heavy atom. The highest BCUT2D eigenvalue weighted by atomic mass is 16.6. The first-order chi connectivity index (χ1) is 14.7. The lowest BCUT2D eigenvalue weighted by molar-refractivity contribution is 0.00401. The summed E-state index contributed by atoms with van der Waals surface area (Å²) in [5.74, 6) is 0. The first kappa shape index (κ1) is 21.6. The lowest BCUT2D eigenvalue weighted by Gasteiger charge is -2.35. The quantitative estimate of drug-likeness (QED) is 0.595. The molecule has 2 unspecified atom stereocenters. The molecule has 1 heterocycles. The van der Waals surface area contributed by atoms with Gasteiger partial charge in [-0.05, 0) is 23.6 Å². The van der Waals surface area contributed by atoms with Gasteiger partial charge in [-0.2, -0.15) is 0 Å². The fourth-order valence-electron chi connectivity index (χ4n) is 3.49. The highest BCUT2D eigenvalue weighted by Crippen LogP contribution is 2.28. The molecule has 4 rings (SSSR count). The molecule has 156 valence electrons. The summed E-state index contributed by atoms with van der Waals surface area (Å²) in [5.41, 5.74) is 3.43. The summed E-state index contributed by atoms with van der Waals surface area (Å²) in [6.07, 6.45) is 0.823. The molecule has 4 nitrogen and oxygen atoms in total. The highest BCUT2D eigenvalue weighted by molar-refractivity contribution is 5.69. The maximum absolute atomic E-state index is 12.2. The minimum Gasteiger partial charge on any atom is -0.446 e. The van der Waals surface area contributed by atoms with Crippen LogP contribution in [-0.2, 0) is 4.74 Å². The van der Waals surface area contributed by atoms with Gasteiger partial charge < -0.3 is 14.7 Å². The molecular formula is C26H29NO3. The largest absolute Gasteiger partial charge is 0.446 e. The van der Waals surface area contributed by atoms with Crippen LogP contribution in [0.2, 0.25) is 0 Å². The van der Waals surface area contributed by atoms with E-state index in [9.17, 15) is 4.79 Å². The minimum atomic E-state index is -0.292. The van der Waals surface area contributed by atoms with Crippen LogP contribution in [0.15, 0.2) is 91.0 Å². The zero-order valence-electron chi connectivity index (χ0n) is 17.4. The maximum atomic E-state index is 12.2. The Morgan fingerprint density at radius 2 is 1.43 bits per heavy atom. The van der Waals surface area contributed by atoms with Crippen molar-refractivity contribution in [1.82, 2.24) is 4.90 Å². The van der Waals surface area contributed by atoms with Gasteiger partial charge in [0.1, 0.15) is 6.10 Å². The molecule has 0 spiro atoms. The molecule has 4 heteroatoms. The molecule has 3 aromatic rings. The number of hydrogen-bond acceptors (Lipinski definition) is 3. The van der Waals surface area contributed by atoms with Crippen LogP contribution in [0.25, 0.3) is 11.1 Å². The Labute approximate surface area is 178 Å². The Balaban J connectivity index is 0.000000367. The summed E-state index contributed by atoms with van der Waals surface area (Å²) in [6.45, 7) is 2.73. The molecule has 30 heavy (non-hydrogen) atoms. The number of amides is 1. The van der Waals surface area contributed by atoms with Crippen molar-refractivity contribution >= 4 is 6.09 Å². The van der Waals surface area contributed by atoms with Crippen molar-refractivity contribution in [2.45, 2.75) is 31.9 Å². The standard InChI is InChI=1S/C20H23NO3.C6H6/c1-15(21-13-11-19(12-14-22)24-20(21)23)16-7-9-18(10-8-16)17-5-3-2-4-6-17;1-2-4-6-5-3-1/h2-10,15,19,22H,11-14H2,1H3;1-6H. The summed E-state index contributed by atoms with van der Waals surface area (Å²) in [6, 6.07) is 30.5. The SMILES string of the molecule is CC(c1ccc(-c2ccccc2)cc1)N1CCC(CCO)OC1=O.c1ccccc1. The monoisotopic (exact) mass is 403 g/mol. The molecule has 2 atom stereocenters. The number of cyclic esters (lactones) is 1. The zero-order valence-corrected chi connectivity index (χ0v) is 17.4.